The van der Waals surface area contributed by atoms with Gasteiger partial charge in [0.2, 0.25) is 0 Å². The molecule has 4 rings (SSSR count). The Hall–Kier alpha value is -4.92. The number of methoxy groups -OCH3 is 1. The molecule has 0 aliphatic carbocycles. The number of carbonyl (C=O) groups is 1. The smallest absolute Gasteiger partial charge is 0.294 e. The van der Waals surface area contributed by atoms with Gasteiger partial charge in [0.05, 0.1) is 18.2 Å². The summed E-state index contributed by atoms with van der Waals surface area (Å²) in [6, 6.07) is 21.6. The highest BCUT2D eigenvalue weighted by atomic mass is 16.6. The summed E-state index contributed by atoms with van der Waals surface area (Å²) in [4.78, 5) is 23.6. The topological polar surface area (TPSA) is 126 Å². The Morgan fingerprint density at radius 2 is 1.82 bits per heavy atom. The first-order valence-electron chi connectivity index (χ1n) is 10.2. The molecule has 1 amide bonds. The van der Waals surface area contributed by atoms with Crippen molar-refractivity contribution in [1.29, 1.82) is 0 Å². The zero-order valence-corrected chi connectivity index (χ0v) is 18.1. The molecule has 34 heavy (non-hydrogen) atoms. The van der Waals surface area contributed by atoms with Gasteiger partial charge < -0.3 is 15.2 Å². The normalized spacial score (nSPS) is 10.9. The molecule has 0 aliphatic heterocycles. The molecule has 170 valence electrons. The number of anilines is 2. The van der Waals surface area contributed by atoms with E-state index in [0.717, 1.165) is 10.8 Å². The van der Waals surface area contributed by atoms with Gasteiger partial charge in [-0.15, -0.1) is 0 Å². The van der Waals surface area contributed by atoms with Gasteiger partial charge in [0.15, 0.2) is 0 Å². The first kappa shape index (κ1) is 22.3. The molecule has 0 heterocycles. The van der Waals surface area contributed by atoms with Crippen molar-refractivity contribution in [2.24, 2.45) is 5.10 Å². The summed E-state index contributed by atoms with van der Waals surface area (Å²) in [6.07, 6.45) is 1.39. The van der Waals surface area contributed by atoms with Gasteiger partial charge in [0.1, 0.15) is 17.2 Å². The Balaban J connectivity index is 1.55. The van der Waals surface area contributed by atoms with Crippen LogP contribution in [-0.4, -0.2) is 29.3 Å². The van der Waals surface area contributed by atoms with Crippen LogP contribution < -0.4 is 15.5 Å². The monoisotopic (exact) mass is 456 g/mol. The molecule has 3 N–H and O–H groups in total. The van der Waals surface area contributed by atoms with Crippen molar-refractivity contribution in [1.82, 2.24) is 0 Å². The van der Waals surface area contributed by atoms with E-state index >= 15 is 0 Å². The van der Waals surface area contributed by atoms with Crippen LogP contribution in [0.1, 0.15) is 15.9 Å². The number of phenols is 1. The highest BCUT2D eigenvalue weighted by Crippen LogP contribution is 2.28. The molecule has 0 bridgehead atoms. The van der Waals surface area contributed by atoms with Crippen molar-refractivity contribution in [3.63, 3.8) is 0 Å². The number of benzene rings is 4. The van der Waals surface area contributed by atoms with Crippen LogP contribution >= 0.6 is 0 Å². The summed E-state index contributed by atoms with van der Waals surface area (Å²) < 4.78 is 5.08. The van der Waals surface area contributed by atoms with Gasteiger partial charge in [-0.1, -0.05) is 30.3 Å². The number of hydrogen-bond donors (Lipinski definition) is 3. The van der Waals surface area contributed by atoms with Crippen molar-refractivity contribution < 1.29 is 19.6 Å². The number of carbonyl (C=O) groups excluding carboxylic acids is 1. The van der Waals surface area contributed by atoms with Crippen molar-refractivity contribution in [2.45, 2.75) is 0 Å². The van der Waals surface area contributed by atoms with E-state index in [-0.39, 0.29) is 22.7 Å². The number of phenolic OH excluding ortho intramolecular Hbond substituents is 1. The predicted molar refractivity (Wildman–Crippen MR) is 131 cm³/mol. The summed E-state index contributed by atoms with van der Waals surface area (Å²) >= 11 is 0. The number of nitrogens with zero attached hydrogens (tertiary/aromatic N) is 2. The number of ether oxygens (including phenoxy) is 1. The Labute approximate surface area is 194 Å². The molecule has 4 aromatic rings. The standard InChI is InChI=1S/C25H20N4O5/c1-34-19-10-8-18(9-11-19)27-25(31)17-6-12-22(23(14-17)29(32)33)28-26-15-21-20-5-3-2-4-16(20)7-13-24(21)30/h2-15,28,30H,1H3,(H,27,31). The minimum absolute atomic E-state index is 0.0318. The second kappa shape index (κ2) is 9.70. The van der Waals surface area contributed by atoms with E-state index in [0.29, 0.717) is 17.0 Å². The van der Waals surface area contributed by atoms with Crippen LogP contribution in [-0.2, 0) is 0 Å². The summed E-state index contributed by atoms with van der Waals surface area (Å²) in [7, 11) is 1.54. The number of rotatable bonds is 7. The SMILES string of the molecule is COc1ccc(NC(=O)c2ccc(NN=Cc3c(O)ccc4ccccc34)c([N+](=O)[O-])c2)cc1. The van der Waals surface area contributed by atoms with E-state index in [2.05, 4.69) is 15.8 Å². The van der Waals surface area contributed by atoms with Gasteiger partial charge >= 0.3 is 0 Å². The Morgan fingerprint density at radius 3 is 2.56 bits per heavy atom. The lowest BCUT2D eigenvalue weighted by Gasteiger charge is -2.08. The van der Waals surface area contributed by atoms with E-state index in [1.807, 2.05) is 24.3 Å². The molecule has 0 radical (unpaired) electrons. The van der Waals surface area contributed by atoms with E-state index in [1.165, 1.54) is 31.5 Å². The molecule has 0 spiro atoms. The van der Waals surface area contributed by atoms with E-state index in [1.54, 1.807) is 36.4 Å². The Morgan fingerprint density at radius 1 is 1.06 bits per heavy atom. The summed E-state index contributed by atoms with van der Waals surface area (Å²) in [5.41, 5.74) is 3.53. The molecule has 0 aromatic heterocycles. The van der Waals surface area contributed by atoms with Crippen LogP contribution in [0.2, 0.25) is 0 Å². The maximum absolute atomic E-state index is 12.6. The Bertz CT molecular complexity index is 1400. The molecule has 0 atom stereocenters. The van der Waals surface area contributed by atoms with Gasteiger partial charge in [-0.2, -0.15) is 5.10 Å². The number of aromatic hydroxyl groups is 1. The summed E-state index contributed by atoms with van der Waals surface area (Å²) in [5, 5.41) is 30.3. The maximum Gasteiger partial charge on any atom is 0.294 e. The van der Waals surface area contributed by atoms with Crippen LogP contribution in [0.3, 0.4) is 0 Å². The highest BCUT2D eigenvalue weighted by Gasteiger charge is 2.18. The van der Waals surface area contributed by atoms with Crippen molar-refractivity contribution in [3.05, 3.63) is 100 Å². The second-order valence-electron chi connectivity index (χ2n) is 7.26. The van der Waals surface area contributed by atoms with Gasteiger partial charge in [-0.3, -0.25) is 20.3 Å². The maximum atomic E-state index is 12.6. The average molecular weight is 456 g/mol. The molecule has 0 saturated heterocycles. The quantitative estimate of drug-likeness (QED) is 0.200. The molecule has 0 saturated carbocycles. The van der Waals surface area contributed by atoms with Gasteiger partial charge in [-0.05, 0) is 53.2 Å². The molecular weight excluding hydrogens is 436 g/mol. The molecular formula is C25H20N4O5. The molecule has 9 heteroatoms. The third-order valence-corrected chi connectivity index (χ3v) is 5.13. The van der Waals surface area contributed by atoms with Crippen molar-refractivity contribution in [2.75, 3.05) is 17.9 Å². The number of hydrazone groups is 1. The number of fused-ring (bicyclic) bond motifs is 1. The largest absolute Gasteiger partial charge is 0.507 e. The van der Waals surface area contributed by atoms with Crippen molar-refractivity contribution >= 4 is 40.0 Å². The number of nitrogens with one attached hydrogen (secondary N) is 2. The van der Waals surface area contributed by atoms with E-state index in [9.17, 15) is 20.0 Å². The van der Waals surface area contributed by atoms with Crippen LogP contribution in [0.25, 0.3) is 10.8 Å². The zero-order chi connectivity index (χ0) is 24.1. The molecule has 0 aliphatic rings. The van der Waals surface area contributed by atoms with E-state index in [4.69, 9.17) is 4.74 Å². The van der Waals surface area contributed by atoms with Crippen LogP contribution in [0.15, 0.2) is 84.0 Å². The van der Waals surface area contributed by atoms with Crippen molar-refractivity contribution in [3.8, 4) is 11.5 Å². The van der Waals surface area contributed by atoms with Gasteiger partial charge in [0, 0.05) is 22.9 Å². The van der Waals surface area contributed by atoms with Crippen LogP contribution in [0.5, 0.6) is 11.5 Å². The fourth-order valence-corrected chi connectivity index (χ4v) is 3.38. The lowest BCUT2D eigenvalue weighted by Crippen LogP contribution is -2.12. The molecule has 0 fully saturated rings. The average Bonchev–Trinajstić information content (AvgIpc) is 2.85. The summed E-state index contributed by atoms with van der Waals surface area (Å²) in [5.74, 6) is 0.176. The second-order valence-corrected chi connectivity index (χ2v) is 7.26. The first-order chi connectivity index (χ1) is 16.5. The first-order valence-corrected chi connectivity index (χ1v) is 10.2. The summed E-state index contributed by atoms with van der Waals surface area (Å²) in [6.45, 7) is 0. The highest BCUT2D eigenvalue weighted by molar-refractivity contribution is 6.05. The molecule has 0 unspecified atom stereocenters. The van der Waals surface area contributed by atoms with Gasteiger partial charge in [0.25, 0.3) is 11.6 Å². The zero-order valence-electron chi connectivity index (χ0n) is 18.1. The Kier molecular flexibility index (Phi) is 6.35. The molecule has 4 aromatic carbocycles. The number of amides is 1. The van der Waals surface area contributed by atoms with E-state index < -0.39 is 10.8 Å². The lowest BCUT2D eigenvalue weighted by atomic mass is 10.0. The fourth-order valence-electron chi connectivity index (χ4n) is 3.38. The third-order valence-electron chi connectivity index (χ3n) is 5.13. The van der Waals surface area contributed by atoms with Gasteiger partial charge in [-0.25, -0.2) is 0 Å². The number of nitro benzene ring substituents is 1. The third kappa shape index (κ3) is 4.78. The minimum Gasteiger partial charge on any atom is -0.507 e. The fraction of sp³-hybridized carbons (Fsp3) is 0.0400. The lowest BCUT2D eigenvalue weighted by molar-refractivity contribution is -0.384. The molecule has 9 nitrogen and oxygen atoms in total. The number of nitro groups is 1. The van der Waals surface area contributed by atoms with Crippen LogP contribution in [0, 0.1) is 10.1 Å². The van der Waals surface area contributed by atoms with Crippen LogP contribution in [0.4, 0.5) is 17.1 Å². The predicted octanol–water partition coefficient (Wildman–Crippen LogP) is 5.16. The minimum atomic E-state index is -0.600. The number of hydrogen-bond acceptors (Lipinski definition) is 7.